The Morgan fingerprint density at radius 1 is 0.931 bits per heavy atom. The molecular weight excluding hydrogens is 372 g/mol. The smallest absolute Gasteiger partial charge is 0.325 e. The summed E-state index contributed by atoms with van der Waals surface area (Å²) in [6, 6.07) is 13.9. The lowest BCUT2D eigenvalue weighted by Gasteiger charge is -2.19. The second kappa shape index (κ2) is 9.73. The topological polar surface area (TPSA) is 93.7 Å². The second-order valence-electron chi connectivity index (χ2n) is 7.45. The molecule has 0 fully saturated rings. The molecule has 7 nitrogen and oxygen atoms in total. The van der Waals surface area contributed by atoms with Crippen LogP contribution in [-0.2, 0) is 19.7 Å². The molecule has 2 rings (SSSR count). The monoisotopic (exact) mass is 398 g/mol. The maximum absolute atomic E-state index is 12.0. The first-order chi connectivity index (χ1) is 13.7. The van der Waals surface area contributed by atoms with E-state index >= 15 is 0 Å². The number of ether oxygens (including phenoxy) is 2. The minimum atomic E-state index is -0.704. The summed E-state index contributed by atoms with van der Waals surface area (Å²) in [5.74, 6) is -0.957. The Morgan fingerprint density at radius 3 is 2.10 bits per heavy atom. The number of carbonyl (C=O) groups is 3. The number of esters is 1. The molecule has 2 aromatic carbocycles. The third kappa shape index (κ3) is 6.95. The van der Waals surface area contributed by atoms with Gasteiger partial charge >= 0.3 is 5.97 Å². The number of anilines is 1. The van der Waals surface area contributed by atoms with Gasteiger partial charge in [-0.1, -0.05) is 32.9 Å². The quantitative estimate of drug-likeness (QED) is 0.700. The minimum absolute atomic E-state index is 0.0221. The van der Waals surface area contributed by atoms with Crippen LogP contribution in [0.25, 0.3) is 0 Å². The maximum Gasteiger partial charge on any atom is 0.325 e. The highest BCUT2D eigenvalue weighted by Gasteiger charge is 2.14. The molecule has 0 atom stereocenters. The number of nitrogens with one attached hydrogen (secondary N) is 2. The van der Waals surface area contributed by atoms with Gasteiger partial charge in [-0.3, -0.25) is 14.4 Å². The summed E-state index contributed by atoms with van der Waals surface area (Å²) in [5, 5.41) is 5.11. The molecule has 29 heavy (non-hydrogen) atoms. The lowest BCUT2D eigenvalue weighted by atomic mass is 9.87. The Balaban J connectivity index is 1.74. The van der Waals surface area contributed by atoms with Gasteiger partial charge in [-0.15, -0.1) is 0 Å². The van der Waals surface area contributed by atoms with E-state index in [0.29, 0.717) is 17.0 Å². The van der Waals surface area contributed by atoms with E-state index in [4.69, 9.17) is 9.47 Å². The molecule has 0 radical (unpaired) electrons. The summed E-state index contributed by atoms with van der Waals surface area (Å²) >= 11 is 0. The summed E-state index contributed by atoms with van der Waals surface area (Å²) in [7, 11) is 1.53. The zero-order valence-corrected chi connectivity index (χ0v) is 17.1. The summed E-state index contributed by atoms with van der Waals surface area (Å²) in [6.45, 7) is 5.55. The van der Waals surface area contributed by atoms with Crippen molar-refractivity contribution in [3.8, 4) is 5.75 Å². The molecule has 0 aliphatic carbocycles. The van der Waals surface area contributed by atoms with Gasteiger partial charge in [0.05, 0.1) is 7.11 Å². The Kier molecular flexibility index (Phi) is 7.36. The van der Waals surface area contributed by atoms with Crippen molar-refractivity contribution in [3.63, 3.8) is 0 Å². The zero-order chi connectivity index (χ0) is 21.4. The molecule has 0 saturated carbocycles. The number of benzene rings is 2. The highest BCUT2D eigenvalue weighted by molar-refractivity contribution is 5.96. The van der Waals surface area contributed by atoms with Crippen molar-refractivity contribution in [2.24, 2.45) is 0 Å². The fourth-order valence-electron chi connectivity index (χ4n) is 2.44. The third-order valence-electron chi connectivity index (χ3n) is 4.14. The van der Waals surface area contributed by atoms with Gasteiger partial charge in [-0.25, -0.2) is 0 Å². The van der Waals surface area contributed by atoms with Gasteiger partial charge < -0.3 is 20.1 Å². The minimum Gasteiger partial charge on any atom is -0.497 e. The van der Waals surface area contributed by atoms with Crippen LogP contribution in [-0.4, -0.2) is 38.0 Å². The zero-order valence-electron chi connectivity index (χ0n) is 17.1. The Morgan fingerprint density at radius 2 is 1.55 bits per heavy atom. The van der Waals surface area contributed by atoms with Crippen molar-refractivity contribution in [3.05, 3.63) is 59.7 Å². The van der Waals surface area contributed by atoms with Crippen LogP contribution in [0.4, 0.5) is 5.69 Å². The van der Waals surface area contributed by atoms with Crippen molar-refractivity contribution in [1.82, 2.24) is 5.32 Å². The highest BCUT2D eigenvalue weighted by Crippen LogP contribution is 2.23. The first kappa shape index (κ1) is 21.9. The summed E-state index contributed by atoms with van der Waals surface area (Å²) < 4.78 is 9.91. The maximum atomic E-state index is 12.0. The van der Waals surface area contributed by atoms with Crippen molar-refractivity contribution in [2.45, 2.75) is 26.2 Å². The van der Waals surface area contributed by atoms with E-state index in [-0.39, 0.29) is 12.0 Å². The molecular formula is C22H26N2O5. The summed E-state index contributed by atoms with van der Waals surface area (Å²) in [5.41, 5.74) is 2.17. The van der Waals surface area contributed by atoms with E-state index in [9.17, 15) is 14.4 Å². The molecule has 0 aliphatic rings. The average Bonchev–Trinajstić information content (AvgIpc) is 2.70. The molecule has 0 unspecified atom stereocenters. The number of hydrogen-bond donors (Lipinski definition) is 2. The van der Waals surface area contributed by atoms with Gasteiger partial charge in [0.2, 0.25) is 0 Å². The lowest BCUT2D eigenvalue weighted by Crippen LogP contribution is -2.32. The first-order valence-corrected chi connectivity index (χ1v) is 9.17. The van der Waals surface area contributed by atoms with Gasteiger partial charge in [0.25, 0.3) is 11.8 Å². The van der Waals surface area contributed by atoms with Crippen molar-refractivity contribution >= 4 is 23.5 Å². The molecule has 0 heterocycles. The third-order valence-corrected chi connectivity index (χ3v) is 4.14. The normalized spacial score (nSPS) is 10.8. The standard InChI is InChI=1S/C22H26N2O5/c1-22(2,3)16-7-9-17(10-8-16)24-19(25)14-29-20(26)13-23-21(27)15-5-11-18(28-4)12-6-15/h5-12H,13-14H2,1-4H3,(H,23,27)(H,24,25). The van der Waals surface area contributed by atoms with Crippen LogP contribution in [0, 0.1) is 0 Å². The number of amides is 2. The summed E-state index contributed by atoms with van der Waals surface area (Å²) in [4.78, 5) is 35.7. The fourth-order valence-corrected chi connectivity index (χ4v) is 2.44. The van der Waals surface area contributed by atoms with Crippen LogP contribution < -0.4 is 15.4 Å². The van der Waals surface area contributed by atoms with Gasteiger partial charge in [-0.2, -0.15) is 0 Å². The van der Waals surface area contributed by atoms with Gasteiger partial charge in [0, 0.05) is 11.3 Å². The predicted molar refractivity (Wildman–Crippen MR) is 110 cm³/mol. The predicted octanol–water partition coefficient (Wildman–Crippen LogP) is 2.90. The largest absolute Gasteiger partial charge is 0.497 e. The molecule has 2 amide bonds. The molecule has 154 valence electrons. The Labute approximate surface area is 170 Å². The molecule has 0 aliphatic heterocycles. The van der Waals surface area contributed by atoms with Gasteiger partial charge in [0.15, 0.2) is 6.61 Å². The van der Waals surface area contributed by atoms with Gasteiger partial charge in [-0.05, 0) is 47.4 Å². The van der Waals surface area contributed by atoms with Crippen LogP contribution in [0.2, 0.25) is 0 Å². The average molecular weight is 398 g/mol. The van der Waals surface area contributed by atoms with Crippen molar-refractivity contribution in [1.29, 1.82) is 0 Å². The van der Waals surface area contributed by atoms with Crippen LogP contribution in [0.3, 0.4) is 0 Å². The molecule has 2 aromatic rings. The first-order valence-electron chi connectivity index (χ1n) is 9.17. The SMILES string of the molecule is COc1ccc(C(=O)NCC(=O)OCC(=O)Nc2ccc(C(C)(C)C)cc2)cc1. The molecule has 0 saturated heterocycles. The Bertz CT molecular complexity index is 852. The van der Waals surface area contributed by atoms with Crippen LogP contribution in [0.1, 0.15) is 36.7 Å². The van der Waals surface area contributed by atoms with E-state index in [1.54, 1.807) is 36.4 Å². The Hall–Kier alpha value is -3.35. The van der Waals surface area contributed by atoms with Gasteiger partial charge in [0.1, 0.15) is 12.3 Å². The highest BCUT2D eigenvalue weighted by atomic mass is 16.5. The molecule has 2 N–H and O–H groups in total. The number of carbonyl (C=O) groups excluding carboxylic acids is 3. The van der Waals surface area contributed by atoms with Crippen LogP contribution in [0.15, 0.2) is 48.5 Å². The van der Waals surface area contributed by atoms with Crippen molar-refractivity contribution in [2.75, 3.05) is 25.6 Å². The van der Waals surface area contributed by atoms with Crippen molar-refractivity contribution < 1.29 is 23.9 Å². The number of methoxy groups -OCH3 is 1. The molecule has 0 aromatic heterocycles. The number of hydrogen-bond acceptors (Lipinski definition) is 5. The molecule has 0 bridgehead atoms. The molecule has 0 spiro atoms. The van der Waals surface area contributed by atoms with E-state index in [1.165, 1.54) is 7.11 Å². The van der Waals surface area contributed by atoms with E-state index in [0.717, 1.165) is 5.56 Å². The fraction of sp³-hybridized carbons (Fsp3) is 0.318. The second-order valence-corrected chi connectivity index (χ2v) is 7.45. The molecule has 7 heteroatoms. The van der Waals surface area contributed by atoms with Crippen LogP contribution >= 0.6 is 0 Å². The number of rotatable bonds is 7. The lowest BCUT2D eigenvalue weighted by molar-refractivity contribution is -0.146. The van der Waals surface area contributed by atoms with E-state index in [1.807, 2.05) is 12.1 Å². The van der Waals surface area contributed by atoms with Crippen LogP contribution in [0.5, 0.6) is 5.75 Å². The van der Waals surface area contributed by atoms with E-state index < -0.39 is 24.4 Å². The van der Waals surface area contributed by atoms with E-state index in [2.05, 4.69) is 31.4 Å². The summed E-state index contributed by atoms with van der Waals surface area (Å²) in [6.07, 6.45) is 0.